The van der Waals surface area contributed by atoms with Crippen LogP contribution >= 0.6 is 0 Å². The van der Waals surface area contributed by atoms with E-state index in [9.17, 15) is 4.79 Å². The van der Waals surface area contributed by atoms with Crippen LogP contribution in [0.25, 0.3) is 0 Å². The Bertz CT molecular complexity index is 356. The van der Waals surface area contributed by atoms with Crippen molar-refractivity contribution in [1.29, 1.82) is 0 Å². The van der Waals surface area contributed by atoms with Gasteiger partial charge in [0.15, 0.2) is 0 Å². The molecule has 0 amide bonds. The first-order valence-corrected chi connectivity index (χ1v) is 5.92. The molecule has 0 N–H and O–H groups in total. The lowest BCUT2D eigenvalue weighted by Crippen LogP contribution is -2.30. The molecule has 0 bridgehead atoms. The van der Waals surface area contributed by atoms with E-state index in [2.05, 4.69) is 31.9 Å². The Kier molecular flexibility index (Phi) is 4.53. The Morgan fingerprint density at radius 3 is 2.38 bits per heavy atom. The standard InChI is InChI=1S/C14H21NO/c1-5-13(6-2)15(4)14-8-7-12(10-16)11(3)9-14/h7-10,13H,5-6H2,1-4H3. The average molecular weight is 219 g/mol. The molecule has 2 nitrogen and oxygen atoms in total. The summed E-state index contributed by atoms with van der Waals surface area (Å²) in [7, 11) is 2.12. The minimum absolute atomic E-state index is 0.571. The van der Waals surface area contributed by atoms with Crippen molar-refractivity contribution in [1.82, 2.24) is 0 Å². The molecule has 2 heteroatoms. The summed E-state index contributed by atoms with van der Waals surface area (Å²) in [4.78, 5) is 13.0. The number of carbonyl (C=O) groups excluding carboxylic acids is 1. The SMILES string of the molecule is CCC(CC)N(C)c1ccc(C=O)c(C)c1. The molecule has 0 spiro atoms. The third-order valence-electron chi connectivity index (χ3n) is 3.28. The van der Waals surface area contributed by atoms with Gasteiger partial charge in [-0.3, -0.25) is 4.79 Å². The molecule has 88 valence electrons. The summed E-state index contributed by atoms with van der Waals surface area (Å²) in [5, 5.41) is 0. The van der Waals surface area contributed by atoms with Crippen molar-refractivity contribution in [3.63, 3.8) is 0 Å². The maximum Gasteiger partial charge on any atom is 0.150 e. The van der Waals surface area contributed by atoms with Crippen LogP contribution < -0.4 is 4.90 Å². The molecule has 1 aromatic carbocycles. The maximum atomic E-state index is 10.7. The topological polar surface area (TPSA) is 20.3 Å². The van der Waals surface area contributed by atoms with Crippen molar-refractivity contribution in [3.8, 4) is 0 Å². The molecular weight excluding hydrogens is 198 g/mol. The summed E-state index contributed by atoms with van der Waals surface area (Å²) in [5.41, 5.74) is 3.02. The Labute approximate surface area is 98.3 Å². The van der Waals surface area contributed by atoms with Gasteiger partial charge in [0, 0.05) is 24.3 Å². The van der Waals surface area contributed by atoms with Gasteiger partial charge < -0.3 is 4.90 Å². The predicted molar refractivity (Wildman–Crippen MR) is 69.3 cm³/mol. The number of rotatable bonds is 5. The molecule has 0 heterocycles. The van der Waals surface area contributed by atoms with Gasteiger partial charge >= 0.3 is 0 Å². The van der Waals surface area contributed by atoms with Gasteiger partial charge in [-0.25, -0.2) is 0 Å². The highest BCUT2D eigenvalue weighted by molar-refractivity contribution is 5.78. The number of benzene rings is 1. The highest BCUT2D eigenvalue weighted by atomic mass is 16.1. The lowest BCUT2D eigenvalue weighted by molar-refractivity contribution is 0.112. The molecule has 0 radical (unpaired) electrons. The minimum atomic E-state index is 0.571. The Morgan fingerprint density at radius 2 is 1.94 bits per heavy atom. The van der Waals surface area contributed by atoms with Gasteiger partial charge in [0.1, 0.15) is 6.29 Å². The zero-order valence-corrected chi connectivity index (χ0v) is 10.7. The Hall–Kier alpha value is -1.31. The van der Waals surface area contributed by atoms with E-state index >= 15 is 0 Å². The summed E-state index contributed by atoms with van der Waals surface area (Å²) in [6, 6.07) is 6.58. The van der Waals surface area contributed by atoms with Crippen molar-refractivity contribution < 1.29 is 4.79 Å². The molecule has 0 aliphatic heterocycles. The van der Waals surface area contributed by atoms with Gasteiger partial charge in [-0.1, -0.05) is 13.8 Å². The van der Waals surface area contributed by atoms with Crippen LogP contribution in [-0.4, -0.2) is 19.4 Å². The molecule has 0 atom stereocenters. The fourth-order valence-corrected chi connectivity index (χ4v) is 2.06. The highest BCUT2D eigenvalue weighted by Gasteiger charge is 2.11. The third-order valence-corrected chi connectivity index (χ3v) is 3.28. The van der Waals surface area contributed by atoms with Crippen molar-refractivity contribution in [2.75, 3.05) is 11.9 Å². The van der Waals surface area contributed by atoms with Gasteiger partial charge in [-0.05, 0) is 43.5 Å². The number of aryl methyl sites for hydroxylation is 1. The molecule has 0 saturated heterocycles. The number of carbonyl (C=O) groups is 1. The normalized spacial score (nSPS) is 10.6. The first-order valence-electron chi connectivity index (χ1n) is 5.92. The van der Waals surface area contributed by atoms with Crippen molar-refractivity contribution in [2.24, 2.45) is 0 Å². The largest absolute Gasteiger partial charge is 0.372 e. The average Bonchev–Trinajstić information content (AvgIpc) is 2.30. The molecule has 0 unspecified atom stereocenters. The summed E-state index contributed by atoms with van der Waals surface area (Å²) in [5.74, 6) is 0. The fourth-order valence-electron chi connectivity index (χ4n) is 2.06. The minimum Gasteiger partial charge on any atom is -0.372 e. The summed E-state index contributed by atoms with van der Waals surface area (Å²) >= 11 is 0. The van der Waals surface area contributed by atoms with E-state index in [0.29, 0.717) is 6.04 Å². The maximum absolute atomic E-state index is 10.7. The molecule has 0 aromatic heterocycles. The zero-order chi connectivity index (χ0) is 12.1. The van der Waals surface area contributed by atoms with Crippen LogP contribution in [0, 0.1) is 6.92 Å². The van der Waals surface area contributed by atoms with Crippen LogP contribution in [0.1, 0.15) is 42.6 Å². The molecule has 0 aliphatic rings. The monoisotopic (exact) mass is 219 g/mol. The first kappa shape index (κ1) is 12.8. The number of nitrogens with zero attached hydrogens (tertiary/aromatic N) is 1. The molecule has 16 heavy (non-hydrogen) atoms. The zero-order valence-electron chi connectivity index (χ0n) is 10.7. The third kappa shape index (κ3) is 2.63. The van der Waals surface area contributed by atoms with Crippen LogP contribution in [0.4, 0.5) is 5.69 Å². The molecule has 1 rings (SSSR count). The van der Waals surface area contributed by atoms with Crippen LogP contribution in [0.15, 0.2) is 18.2 Å². The van der Waals surface area contributed by atoms with E-state index in [0.717, 1.165) is 30.3 Å². The second-order valence-electron chi connectivity index (χ2n) is 4.24. The molecule has 0 aliphatic carbocycles. The second-order valence-corrected chi connectivity index (χ2v) is 4.24. The van der Waals surface area contributed by atoms with Crippen molar-refractivity contribution in [2.45, 2.75) is 39.7 Å². The van der Waals surface area contributed by atoms with Crippen LogP contribution in [-0.2, 0) is 0 Å². The van der Waals surface area contributed by atoms with Crippen LogP contribution in [0.2, 0.25) is 0 Å². The van der Waals surface area contributed by atoms with E-state index in [-0.39, 0.29) is 0 Å². The van der Waals surface area contributed by atoms with Gasteiger partial charge in [0.25, 0.3) is 0 Å². The van der Waals surface area contributed by atoms with Gasteiger partial charge in [-0.2, -0.15) is 0 Å². The van der Waals surface area contributed by atoms with E-state index in [1.165, 1.54) is 5.69 Å². The van der Waals surface area contributed by atoms with E-state index in [1.807, 2.05) is 19.1 Å². The molecule has 0 saturated carbocycles. The number of anilines is 1. The lowest BCUT2D eigenvalue weighted by atomic mass is 10.1. The van der Waals surface area contributed by atoms with E-state index in [1.54, 1.807) is 0 Å². The Balaban J connectivity index is 2.96. The molecular formula is C14H21NO. The smallest absolute Gasteiger partial charge is 0.150 e. The Morgan fingerprint density at radius 1 is 1.31 bits per heavy atom. The summed E-state index contributed by atoms with van der Waals surface area (Å²) in [6.07, 6.45) is 3.19. The lowest BCUT2D eigenvalue weighted by Gasteiger charge is -2.28. The van der Waals surface area contributed by atoms with Gasteiger partial charge in [0.2, 0.25) is 0 Å². The summed E-state index contributed by atoms with van der Waals surface area (Å²) in [6.45, 7) is 6.39. The first-order chi connectivity index (χ1) is 7.63. The molecule has 1 aromatic rings. The highest BCUT2D eigenvalue weighted by Crippen LogP contribution is 2.21. The van der Waals surface area contributed by atoms with E-state index < -0.39 is 0 Å². The van der Waals surface area contributed by atoms with Gasteiger partial charge in [0.05, 0.1) is 0 Å². The van der Waals surface area contributed by atoms with Crippen molar-refractivity contribution >= 4 is 12.0 Å². The summed E-state index contributed by atoms with van der Waals surface area (Å²) < 4.78 is 0. The van der Waals surface area contributed by atoms with Gasteiger partial charge in [-0.15, -0.1) is 0 Å². The number of hydrogen-bond donors (Lipinski definition) is 0. The van der Waals surface area contributed by atoms with Crippen molar-refractivity contribution in [3.05, 3.63) is 29.3 Å². The quantitative estimate of drug-likeness (QED) is 0.707. The fraction of sp³-hybridized carbons (Fsp3) is 0.500. The predicted octanol–water partition coefficient (Wildman–Crippen LogP) is 3.43. The van der Waals surface area contributed by atoms with Crippen LogP contribution in [0.5, 0.6) is 0 Å². The number of hydrogen-bond acceptors (Lipinski definition) is 2. The van der Waals surface area contributed by atoms with E-state index in [4.69, 9.17) is 0 Å². The second kappa shape index (κ2) is 5.69. The molecule has 0 fully saturated rings. The van der Waals surface area contributed by atoms with Crippen LogP contribution in [0.3, 0.4) is 0 Å². The number of aldehydes is 1.